The summed E-state index contributed by atoms with van der Waals surface area (Å²) in [6.07, 6.45) is 3.47. The Balaban J connectivity index is 1.06. The van der Waals surface area contributed by atoms with Crippen LogP contribution < -0.4 is 15.5 Å². The molecular weight excluding hydrogens is 625 g/mol. The smallest absolute Gasteiger partial charge is 0.272 e. The molecule has 1 aromatic heterocycles. The molecule has 0 aliphatic carbocycles. The zero-order valence-electron chi connectivity index (χ0n) is 25.0. The molecule has 6 aromatic rings. The number of nitrogens with zero attached hydrogens (tertiary/aromatic N) is 1. The van der Waals surface area contributed by atoms with Gasteiger partial charge in [0.05, 0.1) is 17.1 Å². The van der Waals surface area contributed by atoms with Crippen molar-refractivity contribution in [1.82, 2.24) is 10.3 Å². The van der Waals surface area contributed by atoms with E-state index in [0.29, 0.717) is 11.3 Å². The van der Waals surface area contributed by atoms with Crippen LogP contribution in [0.25, 0.3) is 17.0 Å². The predicted octanol–water partition coefficient (Wildman–Crippen LogP) is 8.50. The highest BCUT2D eigenvalue weighted by Gasteiger charge is 2.27. The predicted molar refractivity (Wildman–Crippen MR) is 190 cm³/mol. The first-order valence-corrected chi connectivity index (χ1v) is 16.7. The molecule has 230 valence electrons. The molecule has 0 saturated heterocycles. The van der Waals surface area contributed by atoms with Crippen LogP contribution in [0, 0.1) is 0 Å². The minimum Gasteiger partial charge on any atom is -0.361 e. The minimum atomic E-state index is -0.463. The normalized spacial score (nSPS) is 12.3. The number of benzene rings is 5. The summed E-state index contributed by atoms with van der Waals surface area (Å²) in [5.41, 5.74) is 4.57. The SMILES string of the molecule is O=C(Nc1ccc(SCC(=O)N2c3ccccc3Sc3ccccc32)cc1)/C(=C/c1c[nH]c2ccccc12)NC(=O)c1ccccc1. The lowest BCUT2D eigenvalue weighted by molar-refractivity contribution is -0.115. The highest BCUT2D eigenvalue weighted by Crippen LogP contribution is 2.48. The maximum Gasteiger partial charge on any atom is 0.272 e. The van der Waals surface area contributed by atoms with Gasteiger partial charge in [0.2, 0.25) is 5.91 Å². The first kappa shape index (κ1) is 30.2. The molecule has 0 radical (unpaired) electrons. The molecule has 0 fully saturated rings. The molecule has 0 atom stereocenters. The summed E-state index contributed by atoms with van der Waals surface area (Å²) in [5, 5.41) is 6.63. The third kappa shape index (κ3) is 6.58. The van der Waals surface area contributed by atoms with Gasteiger partial charge in [0.1, 0.15) is 5.70 Å². The zero-order valence-corrected chi connectivity index (χ0v) is 26.6. The zero-order chi connectivity index (χ0) is 32.2. The van der Waals surface area contributed by atoms with Crippen LogP contribution in [0.5, 0.6) is 0 Å². The molecule has 0 unspecified atom stereocenters. The fourth-order valence-corrected chi connectivity index (χ4v) is 7.13. The lowest BCUT2D eigenvalue weighted by Crippen LogP contribution is -2.30. The van der Waals surface area contributed by atoms with Gasteiger partial charge in [-0.2, -0.15) is 0 Å². The Morgan fingerprint density at radius 1 is 0.745 bits per heavy atom. The second-order valence-corrected chi connectivity index (χ2v) is 12.8. The summed E-state index contributed by atoms with van der Waals surface area (Å²) in [5.74, 6) is -0.632. The van der Waals surface area contributed by atoms with Crippen molar-refractivity contribution in [3.05, 3.63) is 150 Å². The monoisotopic (exact) mass is 652 g/mol. The second kappa shape index (κ2) is 13.5. The van der Waals surface area contributed by atoms with Crippen LogP contribution in [0.3, 0.4) is 0 Å². The number of aromatic amines is 1. The Hall–Kier alpha value is -5.51. The molecule has 9 heteroatoms. The van der Waals surface area contributed by atoms with E-state index in [0.717, 1.165) is 42.5 Å². The summed E-state index contributed by atoms with van der Waals surface area (Å²) < 4.78 is 0. The van der Waals surface area contributed by atoms with Crippen molar-refractivity contribution in [2.45, 2.75) is 14.7 Å². The number of carbonyl (C=O) groups excluding carboxylic acids is 3. The average molecular weight is 653 g/mol. The number of anilines is 3. The Bertz CT molecular complexity index is 2100. The number of hydrogen-bond acceptors (Lipinski definition) is 5. The molecule has 3 amide bonds. The van der Waals surface area contributed by atoms with E-state index < -0.39 is 5.91 Å². The van der Waals surface area contributed by atoms with Gasteiger partial charge in [-0.3, -0.25) is 19.3 Å². The number of para-hydroxylation sites is 3. The van der Waals surface area contributed by atoms with E-state index in [-0.39, 0.29) is 23.3 Å². The molecule has 5 aromatic carbocycles. The lowest BCUT2D eigenvalue weighted by Gasteiger charge is -2.31. The van der Waals surface area contributed by atoms with Gasteiger partial charge in [0.15, 0.2) is 0 Å². The highest BCUT2D eigenvalue weighted by atomic mass is 32.2. The first-order valence-electron chi connectivity index (χ1n) is 14.9. The van der Waals surface area contributed by atoms with Crippen LogP contribution in [-0.4, -0.2) is 28.5 Å². The topological polar surface area (TPSA) is 94.3 Å². The van der Waals surface area contributed by atoms with Gasteiger partial charge in [-0.15, -0.1) is 11.8 Å². The summed E-state index contributed by atoms with van der Waals surface area (Å²) in [6.45, 7) is 0. The van der Waals surface area contributed by atoms with Crippen molar-refractivity contribution in [1.29, 1.82) is 0 Å². The number of thioether (sulfide) groups is 1. The van der Waals surface area contributed by atoms with E-state index in [1.54, 1.807) is 65.3 Å². The molecule has 0 spiro atoms. The molecule has 47 heavy (non-hydrogen) atoms. The number of aromatic nitrogens is 1. The van der Waals surface area contributed by atoms with E-state index in [1.807, 2.05) is 91.0 Å². The number of nitrogens with one attached hydrogen (secondary N) is 3. The number of hydrogen-bond donors (Lipinski definition) is 3. The molecule has 2 heterocycles. The van der Waals surface area contributed by atoms with Gasteiger partial charge in [0, 0.05) is 48.6 Å². The Kier molecular flexibility index (Phi) is 8.64. The molecule has 7 rings (SSSR count). The van der Waals surface area contributed by atoms with Gasteiger partial charge in [0.25, 0.3) is 11.8 Å². The van der Waals surface area contributed by atoms with Gasteiger partial charge >= 0.3 is 0 Å². The summed E-state index contributed by atoms with van der Waals surface area (Å²) in [4.78, 5) is 48.2. The molecule has 0 bridgehead atoms. The van der Waals surface area contributed by atoms with Crippen LogP contribution in [0.2, 0.25) is 0 Å². The van der Waals surface area contributed by atoms with Gasteiger partial charge < -0.3 is 15.6 Å². The van der Waals surface area contributed by atoms with Crippen LogP contribution in [0.4, 0.5) is 17.1 Å². The third-order valence-electron chi connectivity index (χ3n) is 7.61. The van der Waals surface area contributed by atoms with E-state index in [4.69, 9.17) is 0 Å². The summed E-state index contributed by atoms with van der Waals surface area (Å²) >= 11 is 3.10. The van der Waals surface area contributed by atoms with Crippen molar-refractivity contribution in [2.75, 3.05) is 16.0 Å². The second-order valence-electron chi connectivity index (χ2n) is 10.7. The average Bonchev–Trinajstić information content (AvgIpc) is 3.52. The maximum atomic E-state index is 13.6. The van der Waals surface area contributed by atoms with Gasteiger partial charge in [-0.25, -0.2) is 0 Å². The molecule has 7 nitrogen and oxygen atoms in total. The number of fused-ring (bicyclic) bond motifs is 3. The van der Waals surface area contributed by atoms with Crippen LogP contribution >= 0.6 is 23.5 Å². The van der Waals surface area contributed by atoms with Gasteiger partial charge in [-0.05, 0) is 72.8 Å². The molecule has 1 aliphatic heterocycles. The number of rotatable bonds is 8. The quantitative estimate of drug-likeness (QED) is 0.113. The summed E-state index contributed by atoms with van der Waals surface area (Å²) in [6, 6.07) is 39.7. The number of carbonyl (C=O) groups is 3. The first-order chi connectivity index (χ1) is 23.0. The Morgan fingerprint density at radius 2 is 1.38 bits per heavy atom. The molecule has 1 aliphatic rings. The van der Waals surface area contributed by atoms with E-state index in [2.05, 4.69) is 15.6 Å². The standard InChI is InChI=1S/C38H28N4O3S2/c43-36(42-32-14-6-8-16-34(32)47-35-17-9-7-15-33(35)42)24-46-28-20-18-27(19-21-28)40-38(45)31(41-37(44)25-10-2-1-3-11-25)22-26-23-39-30-13-5-4-12-29(26)30/h1-23,39H,24H2,(H,40,45)(H,41,44)/b31-22-. The fourth-order valence-electron chi connectivity index (χ4n) is 5.33. The summed E-state index contributed by atoms with van der Waals surface area (Å²) in [7, 11) is 0. The minimum absolute atomic E-state index is 0.0196. The van der Waals surface area contributed by atoms with E-state index >= 15 is 0 Å². The third-order valence-corrected chi connectivity index (χ3v) is 9.73. The van der Waals surface area contributed by atoms with Crippen molar-refractivity contribution < 1.29 is 14.4 Å². The number of amides is 3. The van der Waals surface area contributed by atoms with Gasteiger partial charge in [-0.1, -0.05) is 72.4 Å². The largest absolute Gasteiger partial charge is 0.361 e. The van der Waals surface area contributed by atoms with E-state index in [1.165, 1.54) is 11.8 Å². The maximum absolute atomic E-state index is 13.6. The van der Waals surface area contributed by atoms with Crippen LogP contribution in [-0.2, 0) is 9.59 Å². The van der Waals surface area contributed by atoms with Crippen molar-refractivity contribution >= 4 is 75.3 Å². The molecule has 0 saturated carbocycles. The van der Waals surface area contributed by atoms with Crippen molar-refractivity contribution in [3.63, 3.8) is 0 Å². The lowest BCUT2D eigenvalue weighted by atomic mass is 10.1. The fraction of sp³-hybridized carbons (Fsp3) is 0.0263. The van der Waals surface area contributed by atoms with Crippen molar-refractivity contribution in [2.24, 2.45) is 0 Å². The Labute approximate surface area is 280 Å². The molecular formula is C38H28N4O3S2. The van der Waals surface area contributed by atoms with E-state index in [9.17, 15) is 14.4 Å². The van der Waals surface area contributed by atoms with Crippen LogP contribution in [0.15, 0.2) is 154 Å². The molecule has 3 N–H and O–H groups in total. The highest BCUT2D eigenvalue weighted by molar-refractivity contribution is 8.00. The van der Waals surface area contributed by atoms with Crippen LogP contribution in [0.1, 0.15) is 15.9 Å². The number of H-pyrrole nitrogens is 1. The van der Waals surface area contributed by atoms with Crippen molar-refractivity contribution in [3.8, 4) is 0 Å². The Morgan fingerprint density at radius 3 is 2.11 bits per heavy atom.